The zero-order chi connectivity index (χ0) is 13.8. The molecule has 1 aromatic heterocycles. The van der Waals surface area contributed by atoms with Gasteiger partial charge in [0.05, 0.1) is 13.2 Å². The number of benzene rings is 1. The largest absolute Gasteiger partial charge is 0.494 e. The zero-order valence-corrected chi connectivity index (χ0v) is 11.8. The van der Waals surface area contributed by atoms with Gasteiger partial charge in [0.2, 0.25) is 0 Å². The van der Waals surface area contributed by atoms with Gasteiger partial charge in [-0.15, -0.1) is 11.3 Å². The van der Waals surface area contributed by atoms with E-state index in [1.54, 1.807) is 17.4 Å². The van der Waals surface area contributed by atoms with Gasteiger partial charge < -0.3 is 4.74 Å². The van der Waals surface area contributed by atoms with Crippen LogP contribution in [0.15, 0.2) is 29.6 Å². The normalized spacial score (nSPS) is 12.4. The summed E-state index contributed by atoms with van der Waals surface area (Å²) in [5.74, 6) is 5.52. The van der Waals surface area contributed by atoms with E-state index in [1.807, 2.05) is 18.4 Å². The van der Waals surface area contributed by atoms with Crippen molar-refractivity contribution in [2.75, 3.05) is 7.11 Å². The van der Waals surface area contributed by atoms with E-state index < -0.39 is 0 Å². The van der Waals surface area contributed by atoms with E-state index in [0.29, 0.717) is 6.42 Å². The first-order valence-electron chi connectivity index (χ1n) is 5.98. The summed E-state index contributed by atoms with van der Waals surface area (Å²) in [6.07, 6.45) is 0.638. The van der Waals surface area contributed by atoms with Gasteiger partial charge in [-0.25, -0.2) is 4.39 Å². The number of hydrogen-bond acceptors (Lipinski definition) is 4. The number of aryl methyl sites for hydroxylation is 1. The van der Waals surface area contributed by atoms with Crippen LogP contribution in [0.5, 0.6) is 5.75 Å². The Labute approximate surface area is 116 Å². The number of rotatable bonds is 5. The molecule has 0 aliphatic rings. The summed E-state index contributed by atoms with van der Waals surface area (Å²) < 4.78 is 18.6. The summed E-state index contributed by atoms with van der Waals surface area (Å²) in [6, 6.07) is 7.03. The Morgan fingerprint density at radius 2 is 2.21 bits per heavy atom. The Morgan fingerprint density at radius 1 is 1.42 bits per heavy atom. The molecule has 0 fully saturated rings. The summed E-state index contributed by atoms with van der Waals surface area (Å²) in [4.78, 5) is 1.18. The zero-order valence-electron chi connectivity index (χ0n) is 10.9. The summed E-state index contributed by atoms with van der Waals surface area (Å²) >= 11 is 1.65. The van der Waals surface area contributed by atoms with Gasteiger partial charge in [-0.2, -0.15) is 0 Å². The van der Waals surface area contributed by atoms with Crippen molar-refractivity contribution < 1.29 is 9.13 Å². The van der Waals surface area contributed by atoms with Crippen LogP contribution in [0.2, 0.25) is 0 Å². The number of halogens is 1. The van der Waals surface area contributed by atoms with Gasteiger partial charge in [-0.3, -0.25) is 11.3 Å². The lowest BCUT2D eigenvalue weighted by Gasteiger charge is -2.16. The predicted molar refractivity (Wildman–Crippen MR) is 75.8 cm³/mol. The Hall–Kier alpha value is -1.43. The average molecular weight is 280 g/mol. The van der Waals surface area contributed by atoms with Gasteiger partial charge >= 0.3 is 0 Å². The van der Waals surface area contributed by atoms with Crippen molar-refractivity contribution in [1.29, 1.82) is 0 Å². The molecular formula is C14H17FN2OS. The molecule has 5 heteroatoms. The second-order valence-electron chi connectivity index (χ2n) is 4.36. The lowest BCUT2D eigenvalue weighted by molar-refractivity contribution is 0.386. The second-order valence-corrected chi connectivity index (χ2v) is 5.31. The van der Waals surface area contributed by atoms with Gasteiger partial charge in [-0.05, 0) is 48.1 Å². The topological polar surface area (TPSA) is 47.3 Å². The van der Waals surface area contributed by atoms with E-state index in [2.05, 4.69) is 11.5 Å². The molecule has 0 radical (unpaired) electrons. The van der Waals surface area contributed by atoms with E-state index in [1.165, 1.54) is 23.6 Å². The Balaban J connectivity index is 2.19. The van der Waals surface area contributed by atoms with Gasteiger partial charge in [0.25, 0.3) is 0 Å². The minimum Gasteiger partial charge on any atom is -0.494 e. The molecule has 1 aromatic carbocycles. The molecule has 1 atom stereocenters. The first kappa shape index (κ1) is 14.0. The predicted octanol–water partition coefficient (Wildman–Crippen LogP) is 2.95. The quantitative estimate of drug-likeness (QED) is 0.654. The van der Waals surface area contributed by atoms with Crippen LogP contribution in [0.4, 0.5) is 4.39 Å². The van der Waals surface area contributed by atoms with Crippen LogP contribution in [0.3, 0.4) is 0 Å². The highest BCUT2D eigenvalue weighted by atomic mass is 32.1. The molecule has 1 unspecified atom stereocenters. The third-order valence-electron chi connectivity index (χ3n) is 3.08. The van der Waals surface area contributed by atoms with Crippen LogP contribution in [-0.2, 0) is 6.42 Å². The van der Waals surface area contributed by atoms with Gasteiger partial charge in [0.15, 0.2) is 11.6 Å². The van der Waals surface area contributed by atoms with Crippen LogP contribution < -0.4 is 16.0 Å². The van der Waals surface area contributed by atoms with Gasteiger partial charge in [0, 0.05) is 4.88 Å². The Kier molecular flexibility index (Phi) is 4.52. The first-order chi connectivity index (χ1) is 9.15. The molecule has 2 rings (SSSR count). The SMILES string of the molecule is COc1ccc(CC(NN)c2sccc2C)cc1F. The van der Waals surface area contributed by atoms with E-state index in [0.717, 1.165) is 5.56 Å². The van der Waals surface area contributed by atoms with Crippen molar-refractivity contribution >= 4 is 11.3 Å². The van der Waals surface area contributed by atoms with Crippen molar-refractivity contribution in [3.05, 3.63) is 51.5 Å². The maximum absolute atomic E-state index is 13.7. The molecule has 3 nitrogen and oxygen atoms in total. The smallest absolute Gasteiger partial charge is 0.165 e. The number of hydrogen-bond donors (Lipinski definition) is 2. The number of nitrogens with two attached hydrogens (primary N) is 1. The minimum absolute atomic E-state index is 0.00667. The highest BCUT2D eigenvalue weighted by Crippen LogP contribution is 2.27. The molecule has 19 heavy (non-hydrogen) atoms. The molecule has 0 bridgehead atoms. The maximum Gasteiger partial charge on any atom is 0.165 e. The molecule has 0 saturated carbocycles. The minimum atomic E-state index is -0.348. The molecular weight excluding hydrogens is 263 g/mol. The van der Waals surface area contributed by atoms with E-state index in [4.69, 9.17) is 10.6 Å². The standard InChI is InChI=1S/C14H17FN2OS/c1-9-5-6-19-14(9)12(17-16)8-10-3-4-13(18-2)11(15)7-10/h3-7,12,17H,8,16H2,1-2H3. The fourth-order valence-corrected chi connectivity index (χ4v) is 3.03. The Morgan fingerprint density at radius 3 is 2.74 bits per heavy atom. The number of nitrogens with one attached hydrogen (secondary N) is 1. The molecule has 1 heterocycles. The third-order valence-corrected chi connectivity index (χ3v) is 4.21. The lowest BCUT2D eigenvalue weighted by Crippen LogP contribution is -2.29. The van der Waals surface area contributed by atoms with Crippen molar-refractivity contribution in [2.24, 2.45) is 5.84 Å². The van der Waals surface area contributed by atoms with Gasteiger partial charge in [0.1, 0.15) is 0 Å². The van der Waals surface area contributed by atoms with Crippen LogP contribution in [0.25, 0.3) is 0 Å². The Bertz CT molecular complexity index is 556. The molecule has 0 saturated heterocycles. The number of hydrazine groups is 1. The second kappa shape index (κ2) is 6.14. The lowest BCUT2D eigenvalue weighted by atomic mass is 10.0. The van der Waals surface area contributed by atoms with Crippen molar-refractivity contribution in [3.63, 3.8) is 0 Å². The first-order valence-corrected chi connectivity index (χ1v) is 6.86. The number of methoxy groups -OCH3 is 1. The van der Waals surface area contributed by atoms with E-state index in [-0.39, 0.29) is 17.6 Å². The summed E-state index contributed by atoms with van der Waals surface area (Å²) in [6.45, 7) is 2.05. The monoisotopic (exact) mass is 280 g/mol. The summed E-state index contributed by atoms with van der Waals surface area (Å²) in [7, 11) is 1.46. The fraction of sp³-hybridized carbons (Fsp3) is 0.286. The highest BCUT2D eigenvalue weighted by Gasteiger charge is 2.15. The number of ether oxygens (including phenoxy) is 1. The van der Waals surface area contributed by atoms with E-state index >= 15 is 0 Å². The van der Waals surface area contributed by atoms with E-state index in [9.17, 15) is 4.39 Å². The van der Waals surface area contributed by atoms with Crippen molar-refractivity contribution in [1.82, 2.24) is 5.43 Å². The molecule has 3 N–H and O–H groups in total. The van der Waals surface area contributed by atoms with Crippen LogP contribution in [0.1, 0.15) is 22.0 Å². The average Bonchev–Trinajstić information content (AvgIpc) is 2.82. The molecule has 0 amide bonds. The molecule has 0 aliphatic carbocycles. The van der Waals surface area contributed by atoms with Crippen molar-refractivity contribution in [2.45, 2.75) is 19.4 Å². The molecule has 102 valence electrons. The third kappa shape index (κ3) is 3.12. The van der Waals surface area contributed by atoms with Crippen LogP contribution in [-0.4, -0.2) is 7.11 Å². The molecule has 0 spiro atoms. The summed E-state index contributed by atoms with van der Waals surface area (Å²) in [5, 5.41) is 2.03. The molecule has 2 aromatic rings. The maximum atomic E-state index is 13.7. The van der Waals surface area contributed by atoms with Crippen LogP contribution >= 0.6 is 11.3 Å². The van der Waals surface area contributed by atoms with Crippen LogP contribution in [0, 0.1) is 12.7 Å². The molecule has 0 aliphatic heterocycles. The highest BCUT2D eigenvalue weighted by molar-refractivity contribution is 7.10. The summed E-state index contributed by atoms with van der Waals surface area (Å²) in [5.41, 5.74) is 4.88. The fourth-order valence-electron chi connectivity index (χ4n) is 2.04. The number of thiophene rings is 1. The van der Waals surface area contributed by atoms with Crippen molar-refractivity contribution in [3.8, 4) is 5.75 Å². The van der Waals surface area contributed by atoms with Gasteiger partial charge in [-0.1, -0.05) is 6.07 Å².